The van der Waals surface area contributed by atoms with Gasteiger partial charge in [0, 0.05) is 36.1 Å². The third kappa shape index (κ3) is 5.03. The van der Waals surface area contributed by atoms with Gasteiger partial charge in [0.05, 0.1) is 0 Å². The summed E-state index contributed by atoms with van der Waals surface area (Å²) in [6, 6.07) is 7.82. The first-order valence-electron chi connectivity index (χ1n) is 7.93. The van der Waals surface area contributed by atoms with E-state index in [1.54, 1.807) is 0 Å². The van der Waals surface area contributed by atoms with Crippen molar-refractivity contribution in [2.24, 2.45) is 5.92 Å². The van der Waals surface area contributed by atoms with Gasteiger partial charge in [0.1, 0.15) is 5.76 Å². The van der Waals surface area contributed by atoms with Crippen LogP contribution in [0.25, 0.3) is 5.76 Å². The maximum absolute atomic E-state index is 12.2. The number of ketones is 1. The summed E-state index contributed by atoms with van der Waals surface area (Å²) in [5, 5.41) is 10.2. The molecule has 0 aromatic heterocycles. The van der Waals surface area contributed by atoms with Crippen LogP contribution < -0.4 is 0 Å². The van der Waals surface area contributed by atoms with Crippen molar-refractivity contribution in [1.82, 2.24) is 0 Å². The van der Waals surface area contributed by atoms with E-state index in [1.165, 1.54) is 18.1 Å². The predicted octanol–water partition coefficient (Wildman–Crippen LogP) is 5.03. The molecule has 0 heterocycles. The summed E-state index contributed by atoms with van der Waals surface area (Å²) in [5.74, 6) is 0.271. The molecule has 0 aliphatic heterocycles. The van der Waals surface area contributed by atoms with Crippen molar-refractivity contribution in [3.05, 3.63) is 41.5 Å². The number of hydrogen-bond acceptors (Lipinski definition) is 2. The van der Waals surface area contributed by atoms with Crippen LogP contribution in [0.4, 0.5) is 0 Å². The first kappa shape index (κ1) is 19.1. The van der Waals surface area contributed by atoms with Crippen molar-refractivity contribution < 1.29 is 28.5 Å². The van der Waals surface area contributed by atoms with Crippen molar-refractivity contribution in [3.8, 4) is 0 Å². The molecule has 0 saturated heterocycles. The standard InChI is InChI=1S/C19H26O2.V/c1-19(2,3)16-11-9-15(10-12-16)18(21)13-17(20)14-7-5-4-6-8-14;/h9-14,21H,4-8H2,1-3H3;/b18-13-;. The second-order valence-corrected chi connectivity index (χ2v) is 7.09. The zero-order chi connectivity index (χ0) is 15.5. The summed E-state index contributed by atoms with van der Waals surface area (Å²) in [7, 11) is 0. The van der Waals surface area contributed by atoms with E-state index in [0.29, 0.717) is 5.56 Å². The third-order valence-electron chi connectivity index (χ3n) is 4.33. The molecule has 1 aliphatic carbocycles. The molecule has 0 amide bonds. The van der Waals surface area contributed by atoms with Gasteiger partial charge < -0.3 is 5.11 Å². The van der Waals surface area contributed by atoms with Gasteiger partial charge in [0.2, 0.25) is 0 Å². The quantitative estimate of drug-likeness (QED) is 0.620. The number of carbonyl (C=O) groups is 1. The first-order valence-corrected chi connectivity index (χ1v) is 7.93. The molecule has 1 N–H and O–H groups in total. The Balaban J connectivity index is 0.00000242. The second kappa shape index (κ2) is 8.03. The van der Waals surface area contributed by atoms with Crippen LogP contribution >= 0.6 is 0 Å². The van der Waals surface area contributed by atoms with Crippen molar-refractivity contribution in [1.29, 1.82) is 0 Å². The SMILES string of the molecule is CC(C)(C)c1ccc(/C(O)=C/C(=O)C2CCCCC2)cc1.[V]. The molecular formula is C19H26O2V. The van der Waals surface area contributed by atoms with E-state index in [2.05, 4.69) is 20.8 Å². The van der Waals surface area contributed by atoms with Gasteiger partial charge in [-0.05, 0) is 23.8 Å². The average molecular weight is 337 g/mol. The summed E-state index contributed by atoms with van der Waals surface area (Å²) in [5.41, 5.74) is 2.03. The maximum Gasteiger partial charge on any atom is 0.162 e. The molecule has 1 fully saturated rings. The van der Waals surface area contributed by atoms with Crippen LogP contribution in [0.2, 0.25) is 0 Å². The predicted molar refractivity (Wildman–Crippen MR) is 87.3 cm³/mol. The Morgan fingerprint density at radius 3 is 2.14 bits per heavy atom. The number of rotatable bonds is 3. The Morgan fingerprint density at radius 1 is 1.09 bits per heavy atom. The summed E-state index contributed by atoms with van der Waals surface area (Å²) in [6.07, 6.45) is 6.84. The molecular weight excluding hydrogens is 311 g/mol. The monoisotopic (exact) mass is 337 g/mol. The van der Waals surface area contributed by atoms with Crippen LogP contribution in [0.3, 0.4) is 0 Å². The summed E-state index contributed by atoms with van der Waals surface area (Å²) < 4.78 is 0. The normalized spacial score (nSPS) is 17.0. The number of aliphatic hydroxyl groups excluding tert-OH is 1. The second-order valence-electron chi connectivity index (χ2n) is 7.09. The Labute approximate surface area is 145 Å². The molecule has 1 radical (unpaired) electrons. The zero-order valence-corrected chi connectivity index (χ0v) is 15.2. The smallest absolute Gasteiger partial charge is 0.162 e. The van der Waals surface area contributed by atoms with E-state index in [0.717, 1.165) is 25.7 Å². The minimum Gasteiger partial charge on any atom is -0.507 e. The van der Waals surface area contributed by atoms with Gasteiger partial charge in [-0.2, -0.15) is 0 Å². The Hall–Kier alpha value is -0.986. The first-order chi connectivity index (χ1) is 9.88. The molecule has 1 saturated carbocycles. The number of hydrogen-bond donors (Lipinski definition) is 1. The van der Waals surface area contributed by atoms with Gasteiger partial charge in [-0.25, -0.2) is 0 Å². The van der Waals surface area contributed by atoms with Crippen LogP contribution in [0.15, 0.2) is 30.3 Å². The van der Waals surface area contributed by atoms with E-state index in [1.807, 2.05) is 24.3 Å². The van der Waals surface area contributed by atoms with E-state index in [4.69, 9.17) is 0 Å². The summed E-state index contributed by atoms with van der Waals surface area (Å²) in [6.45, 7) is 6.47. The van der Waals surface area contributed by atoms with Crippen molar-refractivity contribution in [3.63, 3.8) is 0 Å². The number of benzene rings is 1. The number of aliphatic hydroxyl groups is 1. The molecule has 1 aromatic rings. The molecule has 0 unspecified atom stereocenters. The molecule has 2 rings (SSSR count). The Kier molecular flexibility index (Phi) is 6.96. The molecule has 0 atom stereocenters. The fraction of sp³-hybridized carbons (Fsp3) is 0.526. The Morgan fingerprint density at radius 2 is 1.64 bits per heavy atom. The van der Waals surface area contributed by atoms with Crippen LogP contribution in [-0.4, -0.2) is 10.9 Å². The van der Waals surface area contributed by atoms with Gasteiger partial charge in [0.25, 0.3) is 0 Å². The van der Waals surface area contributed by atoms with Crippen LogP contribution in [0, 0.1) is 5.92 Å². The van der Waals surface area contributed by atoms with E-state index in [-0.39, 0.29) is 41.4 Å². The molecule has 1 aromatic carbocycles. The fourth-order valence-electron chi connectivity index (χ4n) is 2.86. The molecule has 1 aliphatic rings. The average Bonchev–Trinajstić information content (AvgIpc) is 2.47. The van der Waals surface area contributed by atoms with Crippen LogP contribution in [0.1, 0.15) is 64.0 Å². The van der Waals surface area contributed by atoms with Gasteiger partial charge in [-0.3, -0.25) is 4.79 Å². The molecule has 22 heavy (non-hydrogen) atoms. The van der Waals surface area contributed by atoms with Crippen LogP contribution in [0.5, 0.6) is 0 Å². The minimum absolute atomic E-state index is 0. The van der Waals surface area contributed by atoms with E-state index < -0.39 is 0 Å². The van der Waals surface area contributed by atoms with Crippen LogP contribution in [-0.2, 0) is 28.8 Å². The van der Waals surface area contributed by atoms with E-state index >= 15 is 0 Å². The van der Waals surface area contributed by atoms with E-state index in [9.17, 15) is 9.90 Å². The van der Waals surface area contributed by atoms with Gasteiger partial charge in [-0.15, -0.1) is 0 Å². The summed E-state index contributed by atoms with van der Waals surface area (Å²) >= 11 is 0. The fourth-order valence-corrected chi connectivity index (χ4v) is 2.86. The van der Waals surface area contributed by atoms with Crippen molar-refractivity contribution in [2.45, 2.75) is 58.3 Å². The maximum atomic E-state index is 12.2. The zero-order valence-electron chi connectivity index (χ0n) is 13.8. The minimum atomic E-state index is 0. The molecule has 2 nitrogen and oxygen atoms in total. The van der Waals surface area contributed by atoms with Gasteiger partial charge in [0.15, 0.2) is 5.78 Å². The molecule has 0 spiro atoms. The largest absolute Gasteiger partial charge is 0.507 e. The number of allylic oxidation sites excluding steroid dienone is 1. The summed E-state index contributed by atoms with van der Waals surface area (Å²) in [4.78, 5) is 12.2. The molecule has 119 valence electrons. The Bertz CT molecular complexity index is 517. The van der Waals surface area contributed by atoms with Gasteiger partial charge in [-0.1, -0.05) is 64.3 Å². The topological polar surface area (TPSA) is 37.3 Å². The van der Waals surface area contributed by atoms with Crippen molar-refractivity contribution in [2.75, 3.05) is 0 Å². The van der Waals surface area contributed by atoms with Gasteiger partial charge >= 0.3 is 0 Å². The third-order valence-corrected chi connectivity index (χ3v) is 4.33. The number of carbonyl (C=O) groups excluding carboxylic acids is 1. The molecule has 3 heteroatoms. The molecule has 0 bridgehead atoms. The van der Waals surface area contributed by atoms with Crippen molar-refractivity contribution >= 4 is 11.5 Å².